The van der Waals surface area contributed by atoms with Gasteiger partial charge in [-0.05, 0) is 5.21 Å². The van der Waals surface area contributed by atoms with E-state index in [1.807, 2.05) is 42.5 Å². The van der Waals surface area contributed by atoms with Crippen LogP contribution in [0.1, 0.15) is 0 Å². The minimum atomic E-state index is 0.567. The summed E-state index contributed by atoms with van der Waals surface area (Å²) in [6, 6.07) is 15.1. The van der Waals surface area contributed by atoms with Gasteiger partial charge in [0.15, 0.2) is 0 Å². The van der Waals surface area contributed by atoms with Gasteiger partial charge in [-0.15, -0.1) is 15.0 Å². The number of nitrogens with zero attached hydrogens (tertiary/aromatic N) is 4. The molecule has 0 spiro atoms. The van der Waals surface area contributed by atoms with Crippen LogP contribution in [0.2, 0.25) is 0 Å². The van der Waals surface area contributed by atoms with Crippen molar-refractivity contribution in [1.82, 2.24) is 20.2 Å². The fourth-order valence-corrected chi connectivity index (χ4v) is 1.93. The van der Waals surface area contributed by atoms with Crippen molar-refractivity contribution in [3.63, 3.8) is 0 Å². The fraction of sp³-hybridized carbons (Fsp3) is 0.133. The molecular weight excluding hydrogens is 268 g/mol. The van der Waals surface area contributed by atoms with Crippen LogP contribution >= 0.6 is 0 Å². The van der Waals surface area contributed by atoms with Gasteiger partial charge in [0.05, 0.1) is 19.9 Å². The first-order chi connectivity index (χ1) is 10.3. The van der Waals surface area contributed by atoms with Gasteiger partial charge in [-0.2, -0.15) is 0 Å². The molecule has 106 valence electrons. The second kappa shape index (κ2) is 5.62. The lowest BCUT2D eigenvalue weighted by molar-refractivity contribution is 0.393. The molecule has 3 aromatic rings. The Bertz CT molecular complexity index is 718. The minimum absolute atomic E-state index is 0.567. The van der Waals surface area contributed by atoms with Crippen molar-refractivity contribution in [2.75, 3.05) is 14.2 Å². The van der Waals surface area contributed by atoms with Gasteiger partial charge in [-0.1, -0.05) is 30.3 Å². The molecular formula is C15H14N4O2. The number of rotatable bonds is 4. The molecule has 0 aliphatic rings. The summed E-state index contributed by atoms with van der Waals surface area (Å²) >= 11 is 0. The molecule has 3 rings (SSSR count). The van der Waals surface area contributed by atoms with Crippen LogP contribution in [0, 0.1) is 0 Å². The summed E-state index contributed by atoms with van der Waals surface area (Å²) in [6.07, 6.45) is 0. The van der Waals surface area contributed by atoms with E-state index in [-0.39, 0.29) is 0 Å². The molecule has 0 radical (unpaired) electrons. The predicted octanol–water partition coefficient (Wildman–Crippen LogP) is 2.35. The zero-order chi connectivity index (χ0) is 14.7. The van der Waals surface area contributed by atoms with Gasteiger partial charge in [-0.3, -0.25) is 0 Å². The highest BCUT2D eigenvalue weighted by Crippen LogP contribution is 2.24. The lowest BCUT2D eigenvalue weighted by atomic mass is 10.2. The second-order valence-corrected chi connectivity index (χ2v) is 4.34. The molecule has 0 unspecified atom stereocenters. The highest BCUT2D eigenvalue weighted by atomic mass is 16.5. The van der Waals surface area contributed by atoms with Crippen molar-refractivity contribution in [3.8, 4) is 28.6 Å². The second-order valence-electron chi connectivity index (χ2n) is 4.34. The van der Waals surface area contributed by atoms with Crippen LogP contribution < -0.4 is 9.47 Å². The van der Waals surface area contributed by atoms with E-state index in [0.29, 0.717) is 17.3 Å². The molecule has 0 fully saturated rings. The summed E-state index contributed by atoms with van der Waals surface area (Å²) in [6.45, 7) is 0. The smallest absolute Gasteiger partial charge is 0.205 e. The maximum absolute atomic E-state index is 5.24. The molecule has 6 heteroatoms. The van der Waals surface area contributed by atoms with Crippen molar-refractivity contribution in [3.05, 3.63) is 48.5 Å². The standard InChI is InChI=1S/C15H14N4O2/c1-20-13-8-12(9-14(10-13)21-2)19-17-15(16-18-19)11-6-4-3-5-7-11/h3-10H,1-2H3. The highest BCUT2D eigenvalue weighted by molar-refractivity contribution is 5.53. The topological polar surface area (TPSA) is 62.1 Å². The molecule has 0 amide bonds. The third kappa shape index (κ3) is 2.69. The van der Waals surface area contributed by atoms with Gasteiger partial charge in [0, 0.05) is 23.8 Å². The number of tetrazole rings is 1. The molecule has 0 saturated heterocycles. The van der Waals surface area contributed by atoms with Crippen molar-refractivity contribution in [1.29, 1.82) is 0 Å². The van der Waals surface area contributed by atoms with Gasteiger partial charge < -0.3 is 9.47 Å². The number of ether oxygens (including phenoxy) is 2. The molecule has 1 aromatic heterocycles. The molecule has 0 saturated carbocycles. The highest BCUT2D eigenvalue weighted by Gasteiger charge is 2.09. The molecule has 2 aromatic carbocycles. The van der Waals surface area contributed by atoms with Crippen LogP contribution in [0.5, 0.6) is 11.5 Å². The van der Waals surface area contributed by atoms with Gasteiger partial charge >= 0.3 is 0 Å². The van der Waals surface area contributed by atoms with E-state index < -0.39 is 0 Å². The normalized spacial score (nSPS) is 10.4. The largest absolute Gasteiger partial charge is 0.497 e. The van der Waals surface area contributed by atoms with E-state index in [1.165, 1.54) is 4.80 Å². The summed E-state index contributed by atoms with van der Waals surface area (Å²) < 4.78 is 10.5. The molecule has 21 heavy (non-hydrogen) atoms. The van der Waals surface area contributed by atoms with Crippen LogP contribution in [0.4, 0.5) is 0 Å². The Kier molecular flexibility index (Phi) is 3.51. The molecule has 0 bridgehead atoms. The maximum Gasteiger partial charge on any atom is 0.205 e. The summed E-state index contributed by atoms with van der Waals surface area (Å²) in [5, 5.41) is 12.5. The Morgan fingerprint density at radius 1 is 0.905 bits per heavy atom. The van der Waals surface area contributed by atoms with Crippen molar-refractivity contribution >= 4 is 0 Å². The Morgan fingerprint density at radius 2 is 1.57 bits per heavy atom. The SMILES string of the molecule is COc1cc(OC)cc(-n2nnc(-c3ccccc3)n2)c1. The van der Waals surface area contributed by atoms with Crippen LogP contribution in [-0.2, 0) is 0 Å². The Hall–Kier alpha value is -2.89. The first-order valence-corrected chi connectivity index (χ1v) is 6.39. The first kappa shape index (κ1) is 13.1. The molecule has 0 N–H and O–H groups in total. The Balaban J connectivity index is 2.00. The third-order valence-electron chi connectivity index (χ3n) is 3.01. The lowest BCUT2D eigenvalue weighted by Crippen LogP contribution is -2.00. The summed E-state index contributed by atoms with van der Waals surface area (Å²) in [4.78, 5) is 1.45. The molecule has 0 aliphatic carbocycles. The van der Waals surface area contributed by atoms with E-state index >= 15 is 0 Å². The average Bonchev–Trinajstić information content (AvgIpc) is 3.05. The Morgan fingerprint density at radius 3 is 2.19 bits per heavy atom. The van der Waals surface area contributed by atoms with Crippen molar-refractivity contribution < 1.29 is 9.47 Å². The van der Waals surface area contributed by atoms with Gasteiger partial charge in [0.25, 0.3) is 0 Å². The van der Waals surface area contributed by atoms with Crippen molar-refractivity contribution in [2.24, 2.45) is 0 Å². The summed E-state index contributed by atoms with van der Waals surface area (Å²) in [5.41, 5.74) is 1.64. The quantitative estimate of drug-likeness (QED) is 0.735. The van der Waals surface area contributed by atoms with E-state index in [4.69, 9.17) is 9.47 Å². The van der Waals surface area contributed by atoms with Crippen LogP contribution in [0.3, 0.4) is 0 Å². The molecule has 0 aliphatic heterocycles. The zero-order valence-electron chi connectivity index (χ0n) is 11.7. The fourth-order valence-electron chi connectivity index (χ4n) is 1.93. The number of hydrogen-bond donors (Lipinski definition) is 0. The average molecular weight is 282 g/mol. The molecule has 1 heterocycles. The monoisotopic (exact) mass is 282 g/mol. The number of aromatic nitrogens is 4. The Labute approximate surface area is 121 Å². The van der Waals surface area contributed by atoms with Gasteiger partial charge in [-0.25, -0.2) is 0 Å². The van der Waals surface area contributed by atoms with E-state index in [1.54, 1.807) is 20.3 Å². The van der Waals surface area contributed by atoms with E-state index in [9.17, 15) is 0 Å². The number of methoxy groups -OCH3 is 2. The lowest BCUT2D eigenvalue weighted by Gasteiger charge is -2.06. The van der Waals surface area contributed by atoms with Crippen LogP contribution in [-0.4, -0.2) is 34.4 Å². The van der Waals surface area contributed by atoms with Crippen molar-refractivity contribution in [2.45, 2.75) is 0 Å². The van der Waals surface area contributed by atoms with Crippen LogP contribution in [0.15, 0.2) is 48.5 Å². The van der Waals surface area contributed by atoms with E-state index in [2.05, 4.69) is 15.4 Å². The third-order valence-corrected chi connectivity index (χ3v) is 3.01. The minimum Gasteiger partial charge on any atom is -0.497 e. The van der Waals surface area contributed by atoms with Crippen LogP contribution in [0.25, 0.3) is 17.1 Å². The first-order valence-electron chi connectivity index (χ1n) is 6.39. The summed E-state index contributed by atoms with van der Waals surface area (Å²) in [7, 11) is 3.20. The molecule has 6 nitrogen and oxygen atoms in total. The van der Waals surface area contributed by atoms with Gasteiger partial charge in [0.2, 0.25) is 5.82 Å². The predicted molar refractivity (Wildman–Crippen MR) is 77.7 cm³/mol. The number of hydrogen-bond acceptors (Lipinski definition) is 5. The maximum atomic E-state index is 5.24. The van der Waals surface area contributed by atoms with E-state index in [0.717, 1.165) is 11.3 Å². The summed E-state index contributed by atoms with van der Waals surface area (Å²) in [5.74, 6) is 1.91. The zero-order valence-corrected chi connectivity index (χ0v) is 11.7. The molecule has 0 atom stereocenters. The van der Waals surface area contributed by atoms with Gasteiger partial charge in [0.1, 0.15) is 11.5 Å². The number of benzene rings is 2.